The van der Waals surface area contributed by atoms with Gasteiger partial charge in [-0.3, -0.25) is 19.2 Å². The summed E-state index contributed by atoms with van der Waals surface area (Å²) in [6, 6.07) is 10.1. The van der Waals surface area contributed by atoms with Crippen molar-refractivity contribution in [1.29, 1.82) is 0 Å². The zero-order valence-electron chi connectivity index (χ0n) is 22.4. The van der Waals surface area contributed by atoms with Gasteiger partial charge in [0.25, 0.3) is 5.91 Å². The molecule has 4 rings (SSSR count). The predicted molar refractivity (Wildman–Crippen MR) is 149 cm³/mol. The van der Waals surface area contributed by atoms with E-state index < -0.39 is 12.1 Å². The van der Waals surface area contributed by atoms with Crippen LogP contribution < -0.4 is 11.1 Å². The Balaban J connectivity index is 1.23. The first kappa shape index (κ1) is 28.0. The van der Waals surface area contributed by atoms with E-state index >= 15 is 0 Å². The number of Topliss-reactive ketones (excluding diaryl/α,β-unsaturated/α-hetero) is 1. The monoisotopic (exact) mass is 538 g/mol. The molecule has 0 radical (unpaired) electrons. The van der Waals surface area contributed by atoms with Crippen LogP contribution in [0.5, 0.6) is 0 Å². The number of nitrogens with zero attached hydrogens (tertiary/aromatic N) is 2. The van der Waals surface area contributed by atoms with Crippen LogP contribution in [0.15, 0.2) is 41.8 Å². The topological polar surface area (TPSA) is 113 Å². The summed E-state index contributed by atoms with van der Waals surface area (Å²) in [5.41, 5.74) is 7.79. The van der Waals surface area contributed by atoms with Crippen molar-refractivity contribution < 1.29 is 19.2 Å². The van der Waals surface area contributed by atoms with Crippen LogP contribution in [0.25, 0.3) is 10.4 Å². The number of rotatable bonds is 10. The van der Waals surface area contributed by atoms with Gasteiger partial charge in [-0.25, -0.2) is 0 Å². The second-order valence-electron chi connectivity index (χ2n) is 11.0. The van der Waals surface area contributed by atoms with E-state index in [9.17, 15) is 19.2 Å². The number of carbonyl (C=O) groups is 4. The van der Waals surface area contributed by atoms with Gasteiger partial charge in [0, 0.05) is 30.0 Å². The van der Waals surface area contributed by atoms with Crippen LogP contribution in [0, 0.1) is 11.8 Å². The second kappa shape index (κ2) is 12.2. The van der Waals surface area contributed by atoms with Gasteiger partial charge in [-0.05, 0) is 60.2 Å². The Bertz CT molecular complexity index is 1150. The first-order valence-electron chi connectivity index (χ1n) is 13.5. The van der Waals surface area contributed by atoms with Gasteiger partial charge >= 0.3 is 0 Å². The molecular weight excluding hydrogens is 500 g/mol. The molecule has 0 aliphatic carbocycles. The Labute approximate surface area is 228 Å². The van der Waals surface area contributed by atoms with Crippen molar-refractivity contribution in [3.8, 4) is 10.4 Å². The van der Waals surface area contributed by atoms with Crippen molar-refractivity contribution in [2.24, 2.45) is 17.6 Å². The number of fused-ring (bicyclic) bond motifs is 1. The largest absolute Gasteiger partial charge is 0.352 e. The molecule has 204 valence electrons. The molecule has 38 heavy (non-hydrogen) atoms. The van der Waals surface area contributed by atoms with Crippen molar-refractivity contribution >= 4 is 34.8 Å². The van der Waals surface area contributed by atoms with Gasteiger partial charge in [-0.15, -0.1) is 11.3 Å². The number of benzene rings is 1. The molecule has 2 aliphatic heterocycles. The SMILES string of the molecule is CC(C)CC(N)C(=O)N1CC(=O)C2C1CCN2C(=O)CC(C)CCNC(=O)c1ccc(-c2cccs2)cc1. The number of ketones is 1. The summed E-state index contributed by atoms with van der Waals surface area (Å²) in [4.78, 5) is 55.8. The molecule has 1 aromatic carbocycles. The number of amides is 3. The Morgan fingerprint density at radius 2 is 1.84 bits per heavy atom. The Kier molecular flexibility index (Phi) is 8.99. The molecule has 1 aromatic heterocycles. The van der Waals surface area contributed by atoms with Gasteiger partial charge in [-0.2, -0.15) is 0 Å². The third-order valence-electron chi connectivity index (χ3n) is 7.47. The summed E-state index contributed by atoms with van der Waals surface area (Å²) < 4.78 is 0. The molecule has 8 nitrogen and oxygen atoms in total. The van der Waals surface area contributed by atoms with Crippen molar-refractivity contribution in [3.63, 3.8) is 0 Å². The van der Waals surface area contributed by atoms with Crippen LogP contribution in [-0.4, -0.2) is 71.1 Å². The summed E-state index contributed by atoms with van der Waals surface area (Å²) in [5.74, 6) is -0.171. The summed E-state index contributed by atoms with van der Waals surface area (Å²) in [6.07, 6.45) is 2.11. The zero-order valence-corrected chi connectivity index (χ0v) is 23.2. The molecule has 2 saturated heterocycles. The number of nitrogens with one attached hydrogen (secondary N) is 1. The smallest absolute Gasteiger partial charge is 0.251 e. The average molecular weight is 539 g/mol. The minimum atomic E-state index is -0.625. The first-order chi connectivity index (χ1) is 18.2. The first-order valence-corrected chi connectivity index (χ1v) is 14.3. The van der Waals surface area contributed by atoms with E-state index in [1.54, 1.807) is 21.1 Å². The number of nitrogens with two attached hydrogens (primary N) is 1. The molecular formula is C29H38N4O4S. The quantitative estimate of drug-likeness (QED) is 0.482. The Morgan fingerprint density at radius 3 is 2.50 bits per heavy atom. The molecule has 4 atom stereocenters. The van der Waals surface area contributed by atoms with Gasteiger partial charge in [0.15, 0.2) is 5.78 Å². The van der Waals surface area contributed by atoms with Crippen LogP contribution in [0.3, 0.4) is 0 Å². The molecule has 0 bridgehead atoms. The van der Waals surface area contributed by atoms with Crippen LogP contribution in [-0.2, 0) is 14.4 Å². The van der Waals surface area contributed by atoms with E-state index in [-0.39, 0.29) is 47.9 Å². The maximum absolute atomic E-state index is 13.1. The van der Waals surface area contributed by atoms with Crippen molar-refractivity contribution in [2.45, 2.75) is 64.6 Å². The molecule has 3 heterocycles. The normalized spacial score (nSPS) is 20.5. The van der Waals surface area contributed by atoms with E-state index in [4.69, 9.17) is 5.73 Å². The van der Waals surface area contributed by atoms with Crippen molar-refractivity contribution in [3.05, 3.63) is 47.3 Å². The predicted octanol–water partition coefficient (Wildman–Crippen LogP) is 3.32. The summed E-state index contributed by atoms with van der Waals surface area (Å²) in [5, 5.41) is 4.97. The molecule has 2 aromatic rings. The van der Waals surface area contributed by atoms with Crippen LogP contribution in [0.4, 0.5) is 0 Å². The van der Waals surface area contributed by atoms with Crippen LogP contribution in [0.1, 0.15) is 56.8 Å². The molecule has 2 fully saturated rings. The third-order valence-corrected chi connectivity index (χ3v) is 8.39. The van der Waals surface area contributed by atoms with E-state index in [1.807, 2.05) is 62.5 Å². The highest BCUT2D eigenvalue weighted by molar-refractivity contribution is 7.13. The van der Waals surface area contributed by atoms with E-state index in [0.717, 1.165) is 10.4 Å². The van der Waals surface area contributed by atoms with Crippen molar-refractivity contribution in [2.75, 3.05) is 19.6 Å². The average Bonchev–Trinajstić information content (AvgIpc) is 3.62. The van der Waals surface area contributed by atoms with Gasteiger partial charge in [-0.1, -0.05) is 39.0 Å². The molecule has 3 amide bonds. The van der Waals surface area contributed by atoms with Gasteiger partial charge in [0.2, 0.25) is 11.8 Å². The lowest BCUT2D eigenvalue weighted by molar-refractivity contribution is -0.137. The standard InChI is InChI=1S/C29H38N4O4S/c1-18(2)15-22(30)29(37)33-17-24(34)27-23(33)11-13-32(27)26(35)16-19(3)10-12-31-28(36)21-8-6-20(7-9-21)25-5-4-14-38-25/h4-9,14,18-19,22-23,27H,10-13,15-17,30H2,1-3H3,(H,31,36). The van der Waals surface area contributed by atoms with E-state index in [2.05, 4.69) is 5.32 Å². The fourth-order valence-corrected chi connectivity index (χ4v) is 6.23. The van der Waals surface area contributed by atoms with Gasteiger partial charge in [0.05, 0.1) is 18.6 Å². The number of thiophene rings is 1. The molecule has 0 saturated carbocycles. The maximum Gasteiger partial charge on any atom is 0.251 e. The molecule has 2 aliphatic rings. The fraction of sp³-hybridized carbons (Fsp3) is 0.517. The lowest BCUT2D eigenvalue weighted by Gasteiger charge is -2.27. The molecule has 0 spiro atoms. The minimum absolute atomic E-state index is 0.0274. The number of hydrogen-bond acceptors (Lipinski definition) is 6. The lowest BCUT2D eigenvalue weighted by Crippen LogP contribution is -2.48. The highest BCUT2D eigenvalue weighted by atomic mass is 32.1. The molecule has 9 heteroatoms. The van der Waals surface area contributed by atoms with Gasteiger partial charge in [0.1, 0.15) is 6.04 Å². The minimum Gasteiger partial charge on any atom is -0.352 e. The second-order valence-corrected chi connectivity index (χ2v) is 11.9. The zero-order chi connectivity index (χ0) is 27.4. The van der Waals surface area contributed by atoms with Crippen LogP contribution in [0.2, 0.25) is 0 Å². The van der Waals surface area contributed by atoms with Gasteiger partial charge < -0.3 is 20.9 Å². The number of likely N-dealkylation sites (tertiary alicyclic amines) is 2. The number of carbonyl (C=O) groups excluding carboxylic acids is 4. The third kappa shape index (κ3) is 6.32. The summed E-state index contributed by atoms with van der Waals surface area (Å²) in [7, 11) is 0. The molecule has 4 unspecified atom stereocenters. The lowest BCUT2D eigenvalue weighted by atomic mass is 10.0. The highest BCUT2D eigenvalue weighted by Gasteiger charge is 2.51. The fourth-order valence-electron chi connectivity index (χ4n) is 5.49. The molecule has 3 N–H and O–H groups in total. The number of hydrogen-bond donors (Lipinski definition) is 2. The van der Waals surface area contributed by atoms with Crippen LogP contribution >= 0.6 is 11.3 Å². The summed E-state index contributed by atoms with van der Waals surface area (Å²) >= 11 is 1.66. The highest BCUT2D eigenvalue weighted by Crippen LogP contribution is 2.31. The summed E-state index contributed by atoms with van der Waals surface area (Å²) in [6.45, 7) is 6.95. The van der Waals surface area contributed by atoms with Crippen molar-refractivity contribution in [1.82, 2.24) is 15.1 Å². The Hall–Kier alpha value is -3.04. The van der Waals surface area contributed by atoms with E-state index in [1.165, 1.54) is 0 Å². The maximum atomic E-state index is 13.1. The Morgan fingerprint density at radius 1 is 1.11 bits per heavy atom. The van der Waals surface area contributed by atoms with E-state index in [0.29, 0.717) is 44.3 Å².